The van der Waals surface area contributed by atoms with Gasteiger partial charge in [-0.2, -0.15) is 13.2 Å². The van der Waals surface area contributed by atoms with Crippen LogP contribution in [0.4, 0.5) is 23.9 Å². The van der Waals surface area contributed by atoms with Crippen molar-refractivity contribution in [3.05, 3.63) is 71.1 Å². The van der Waals surface area contributed by atoms with E-state index in [-0.39, 0.29) is 18.0 Å². The van der Waals surface area contributed by atoms with Crippen molar-refractivity contribution in [2.45, 2.75) is 24.3 Å². The first-order valence-corrected chi connectivity index (χ1v) is 12.1. The number of hydrogen-bond acceptors (Lipinski definition) is 6. The fourth-order valence-corrected chi connectivity index (χ4v) is 4.18. The molecule has 0 saturated carbocycles. The number of rotatable bonds is 7. The second kappa shape index (κ2) is 11.7. The Morgan fingerprint density at radius 2 is 1.82 bits per heavy atom. The topological polar surface area (TPSA) is 102 Å². The Morgan fingerprint density at radius 3 is 2.41 bits per heavy atom. The molecule has 0 saturated heterocycles. The molecule has 0 aliphatic carbocycles. The third kappa shape index (κ3) is 6.81. The number of carbonyl (C=O) groups excluding carboxylic acids is 2. The van der Waals surface area contributed by atoms with Gasteiger partial charge in [0.05, 0.1) is 22.1 Å². The maximum absolute atomic E-state index is 12.2. The zero-order chi connectivity index (χ0) is 25.4. The van der Waals surface area contributed by atoms with Crippen LogP contribution in [-0.2, 0) is 14.6 Å². The Hall–Kier alpha value is -3.38. The van der Waals surface area contributed by atoms with Gasteiger partial charge < -0.3 is 15.4 Å². The van der Waals surface area contributed by atoms with Crippen LogP contribution in [0.2, 0.25) is 0 Å². The average Bonchev–Trinajstić information content (AvgIpc) is 3.19. The number of thiophene rings is 1. The molecule has 0 spiro atoms. The van der Waals surface area contributed by atoms with Crippen molar-refractivity contribution in [2.75, 3.05) is 17.2 Å². The molecule has 2 aromatic carbocycles. The van der Waals surface area contributed by atoms with Gasteiger partial charge in [0.2, 0.25) is 6.41 Å². The highest BCUT2D eigenvalue weighted by molar-refractivity contribution is 7.92. The Balaban J connectivity index is 0.000000242. The molecule has 3 aromatic rings. The summed E-state index contributed by atoms with van der Waals surface area (Å²) >= 11 is 1.52. The molecule has 7 nitrogen and oxygen atoms in total. The number of anilines is 2. The van der Waals surface area contributed by atoms with Crippen LogP contribution in [0.1, 0.15) is 22.8 Å². The second-order valence-corrected chi connectivity index (χ2v) is 9.41. The number of hydrogen-bond donors (Lipinski definition) is 2. The fraction of sp³-hybridized carbons (Fsp3) is 0.182. The lowest BCUT2D eigenvalue weighted by atomic mass is 10.2. The van der Waals surface area contributed by atoms with Gasteiger partial charge in [0.1, 0.15) is 5.75 Å². The van der Waals surface area contributed by atoms with Gasteiger partial charge in [-0.1, -0.05) is 18.2 Å². The summed E-state index contributed by atoms with van der Waals surface area (Å²) in [6.07, 6.45) is 0.235. The van der Waals surface area contributed by atoms with Crippen LogP contribution in [0.5, 0.6) is 5.75 Å². The summed E-state index contributed by atoms with van der Waals surface area (Å²) in [6.45, 7) is 4.42. The Labute approximate surface area is 198 Å². The molecule has 0 bridgehead atoms. The number of para-hydroxylation sites is 1. The molecular weight excluding hydrogens is 493 g/mol. The highest BCUT2D eigenvalue weighted by Crippen LogP contribution is 2.31. The molecule has 12 heteroatoms. The van der Waals surface area contributed by atoms with E-state index >= 15 is 0 Å². The van der Waals surface area contributed by atoms with Crippen molar-refractivity contribution in [1.82, 2.24) is 0 Å². The molecule has 1 heterocycles. The van der Waals surface area contributed by atoms with Crippen LogP contribution < -0.4 is 15.4 Å². The highest BCUT2D eigenvalue weighted by Gasteiger charge is 2.46. The van der Waals surface area contributed by atoms with E-state index in [0.29, 0.717) is 17.9 Å². The fourth-order valence-electron chi connectivity index (χ4n) is 2.56. The van der Waals surface area contributed by atoms with E-state index in [9.17, 15) is 31.2 Å². The number of amides is 2. The van der Waals surface area contributed by atoms with Crippen molar-refractivity contribution < 1.29 is 35.9 Å². The maximum Gasteiger partial charge on any atom is 0.501 e. The minimum Gasteiger partial charge on any atom is -0.493 e. The molecule has 0 aliphatic rings. The van der Waals surface area contributed by atoms with Crippen LogP contribution in [0.3, 0.4) is 0 Å². The molecule has 0 unspecified atom stereocenters. The van der Waals surface area contributed by atoms with Crippen molar-refractivity contribution in [3.63, 3.8) is 0 Å². The van der Waals surface area contributed by atoms with Gasteiger partial charge in [-0.25, -0.2) is 8.42 Å². The molecule has 1 aromatic heterocycles. The molecule has 182 valence electrons. The number of halogens is 3. The smallest absolute Gasteiger partial charge is 0.493 e. The van der Waals surface area contributed by atoms with Gasteiger partial charge in [0.15, 0.2) is 0 Å². The molecule has 34 heavy (non-hydrogen) atoms. The minimum atomic E-state index is -5.37. The van der Waals surface area contributed by atoms with E-state index in [2.05, 4.69) is 10.6 Å². The second-order valence-electron chi connectivity index (χ2n) is 6.56. The molecule has 0 fully saturated rings. The highest BCUT2D eigenvalue weighted by atomic mass is 32.2. The van der Waals surface area contributed by atoms with Gasteiger partial charge >= 0.3 is 5.51 Å². The number of ether oxygens (including phenoxy) is 1. The van der Waals surface area contributed by atoms with Gasteiger partial charge in [0.25, 0.3) is 15.7 Å². The third-order valence-corrected chi connectivity index (χ3v) is 6.61. The van der Waals surface area contributed by atoms with E-state index in [1.54, 1.807) is 12.1 Å². The number of carbonyl (C=O) groups is 2. The van der Waals surface area contributed by atoms with E-state index in [1.807, 2.05) is 37.4 Å². The quantitative estimate of drug-likeness (QED) is 0.419. The largest absolute Gasteiger partial charge is 0.501 e. The van der Waals surface area contributed by atoms with Gasteiger partial charge in [0, 0.05) is 5.69 Å². The SMILES string of the molecule is CCOc1ccccc1C(=O)Nc1sccc1C.O=CNc1cccc(S(=O)(=O)C(F)(F)F)c1. The molecule has 2 N–H and O–H groups in total. The molecule has 0 radical (unpaired) electrons. The monoisotopic (exact) mass is 514 g/mol. The first kappa shape index (κ1) is 26.9. The lowest BCUT2D eigenvalue weighted by Crippen LogP contribution is -2.23. The first-order chi connectivity index (χ1) is 16.0. The average molecular weight is 515 g/mol. The standard InChI is InChI=1S/C14H15NO2S.C8H6F3NO3S/c1-3-17-12-7-5-4-6-11(12)13(16)15-14-10(2)8-9-18-14;9-8(10,11)16(14,15)7-3-1-2-6(4-7)12-5-13/h4-9H,3H2,1-2H3,(H,15,16);1-5H,(H,12,13). The normalized spacial score (nSPS) is 11.1. The molecule has 3 rings (SSSR count). The summed E-state index contributed by atoms with van der Waals surface area (Å²) in [4.78, 5) is 21.3. The predicted octanol–water partition coefficient (Wildman–Crippen LogP) is 5.26. The van der Waals surface area contributed by atoms with Crippen molar-refractivity contribution in [3.8, 4) is 5.75 Å². The zero-order valence-electron chi connectivity index (χ0n) is 18.0. The van der Waals surface area contributed by atoms with Gasteiger partial charge in [-0.05, 0) is 61.2 Å². The van der Waals surface area contributed by atoms with Crippen LogP contribution >= 0.6 is 11.3 Å². The summed E-state index contributed by atoms with van der Waals surface area (Å²) in [5, 5.41) is 7.80. The third-order valence-electron chi connectivity index (χ3n) is 4.20. The Kier molecular flexibility index (Phi) is 9.21. The van der Waals surface area contributed by atoms with Crippen LogP contribution in [0, 0.1) is 6.92 Å². The van der Waals surface area contributed by atoms with Crippen molar-refractivity contribution in [2.24, 2.45) is 0 Å². The summed E-state index contributed by atoms with van der Waals surface area (Å²) in [5.74, 6) is 0.483. The number of nitrogens with one attached hydrogen (secondary N) is 2. The lowest BCUT2D eigenvalue weighted by Gasteiger charge is -2.09. The Bertz CT molecular complexity index is 1240. The zero-order valence-corrected chi connectivity index (χ0v) is 19.7. The van der Waals surface area contributed by atoms with Crippen molar-refractivity contribution in [1.29, 1.82) is 0 Å². The molecule has 0 aliphatic heterocycles. The summed E-state index contributed by atoms with van der Waals surface area (Å²) in [7, 11) is -5.37. The van der Waals surface area contributed by atoms with E-state index < -0.39 is 20.2 Å². The van der Waals surface area contributed by atoms with Crippen LogP contribution in [0.15, 0.2) is 64.9 Å². The van der Waals surface area contributed by atoms with Crippen LogP contribution in [0.25, 0.3) is 0 Å². The van der Waals surface area contributed by atoms with Crippen molar-refractivity contribution >= 4 is 44.2 Å². The summed E-state index contributed by atoms with van der Waals surface area (Å²) in [6, 6.07) is 13.2. The van der Waals surface area contributed by atoms with E-state index in [1.165, 1.54) is 17.4 Å². The van der Waals surface area contributed by atoms with E-state index in [0.717, 1.165) is 28.8 Å². The summed E-state index contributed by atoms with van der Waals surface area (Å²) < 4.78 is 63.9. The lowest BCUT2D eigenvalue weighted by molar-refractivity contribution is -0.105. The van der Waals surface area contributed by atoms with Gasteiger partial charge in [-0.15, -0.1) is 11.3 Å². The summed E-state index contributed by atoms with van der Waals surface area (Å²) in [5.41, 5.74) is -3.75. The number of alkyl halides is 3. The molecule has 0 atom stereocenters. The van der Waals surface area contributed by atoms with Gasteiger partial charge in [-0.3, -0.25) is 9.59 Å². The van der Waals surface area contributed by atoms with Crippen LogP contribution in [-0.4, -0.2) is 32.9 Å². The number of benzene rings is 2. The predicted molar refractivity (Wildman–Crippen MR) is 124 cm³/mol. The molecule has 2 amide bonds. The number of aryl methyl sites for hydroxylation is 1. The first-order valence-electron chi connectivity index (χ1n) is 9.70. The maximum atomic E-state index is 12.2. The van der Waals surface area contributed by atoms with E-state index in [4.69, 9.17) is 4.74 Å². The minimum absolute atomic E-state index is 0.0275. The Morgan fingerprint density at radius 1 is 1.12 bits per heavy atom. The molecular formula is C22H21F3N2O5S2. The number of sulfone groups is 1.